The second-order valence-corrected chi connectivity index (χ2v) is 5.10. The first-order chi connectivity index (χ1) is 9.56. The Hall–Kier alpha value is -1.88. The molecule has 2 N–H and O–H groups in total. The average molecular weight is 277 g/mol. The summed E-state index contributed by atoms with van der Waals surface area (Å²) < 4.78 is 5.51. The molecule has 1 aliphatic carbocycles. The van der Waals surface area contributed by atoms with E-state index in [2.05, 4.69) is 5.32 Å². The lowest BCUT2D eigenvalue weighted by atomic mass is 10.1. The van der Waals surface area contributed by atoms with Crippen LogP contribution in [-0.4, -0.2) is 29.7 Å². The number of aryl methyl sites for hydroxylation is 1. The third-order valence-electron chi connectivity index (χ3n) is 3.50. The van der Waals surface area contributed by atoms with E-state index in [-0.39, 0.29) is 24.2 Å². The molecule has 0 spiro atoms. The van der Waals surface area contributed by atoms with Crippen molar-refractivity contribution in [2.75, 3.05) is 11.9 Å². The zero-order valence-electron chi connectivity index (χ0n) is 11.5. The smallest absolute Gasteiger partial charge is 0.336 e. The minimum absolute atomic E-state index is 0.0148. The van der Waals surface area contributed by atoms with Gasteiger partial charge in [0, 0.05) is 5.69 Å². The minimum atomic E-state index is -0.999. The number of amides is 1. The lowest BCUT2D eigenvalue weighted by Crippen LogP contribution is -2.22. The molecule has 5 nitrogen and oxygen atoms in total. The Kier molecular flexibility index (Phi) is 4.74. The van der Waals surface area contributed by atoms with Crippen molar-refractivity contribution in [3.8, 4) is 0 Å². The van der Waals surface area contributed by atoms with Crippen LogP contribution in [0.4, 0.5) is 5.69 Å². The van der Waals surface area contributed by atoms with E-state index in [0.717, 1.165) is 25.7 Å². The number of rotatable bonds is 5. The van der Waals surface area contributed by atoms with Gasteiger partial charge in [0.15, 0.2) is 0 Å². The van der Waals surface area contributed by atoms with Gasteiger partial charge in [0.2, 0.25) is 5.91 Å². The van der Waals surface area contributed by atoms with Gasteiger partial charge in [-0.2, -0.15) is 0 Å². The molecular weight excluding hydrogens is 258 g/mol. The van der Waals surface area contributed by atoms with E-state index in [1.165, 1.54) is 6.07 Å². The summed E-state index contributed by atoms with van der Waals surface area (Å²) in [5.74, 6) is -1.25. The quantitative estimate of drug-likeness (QED) is 0.867. The number of nitrogens with one attached hydrogen (secondary N) is 1. The van der Waals surface area contributed by atoms with E-state index in [9.17, 15) is 9.59 Å². The second kappa shape index (κ2) is 6.52. The number of carboxylic acid groups (broad SMARTS) is 1. The first-order valence-electron chi connectivity index (χ1n) is 6.81. The molecular formula is C15H19NO4. The van der Waals surface area contributed by atoms with Crippen LogP contribution in [0, 0.1) is 6.92 Å². The maximum absolute atomic E-state index is 11.8. The molecule has 1 amide bonds. The number of carbonyl (C=O) groups is 2. The number of hydrogen-bond donors (Lipinski definition) is 2. The van der Waals surface area contributed by atoms with E-state index in [1.807, 2.05) is 0 Å². The van der Waals surface area contributed by atoms with Crippen LogP contribution in [0.5, 0.6) is 0 Å². The lowest BCUT2D eigenvalue weighted by Gasteiger charge is -2.11. The van der Waals surface area contributed by atoms with Crippen molar-refractivity contribution in [3.63, 3.8) is 0 Å². The Labute approximate surface area is 117 Å². The summed E-state index contributed by atoms with van der Waals surface area (Å²) in [5, 5.41) is 11.7. The minimum Gasteiger partial charge on any atom is -0.478 e. The van der Waals surface area contributed by atoms with E-state index in [0.29, 0.717) is 11.3 Å². The topological polar surface area (TPSA) is 75.6 Å². The van der Waals surface area contributed by atoms with Gasteiger partial charge in [-0.25, -0.2) is 4.79 Å². The first-order valence-corrected chi connectivity index (χ1v) is 6.81. The van der Waals surface area contributed by atoms with E-state index < -0.39 is 5.97 Å². The fourth-order valence-electron chi connectivity index (χ4n) is 2.38. The highest BCUT2D eigenvalue weighted by atomic mass is 16.5. The summed E-state index contributed by atoms with van der Waals surface area (Å²) in [7, 11) is 0. The van der Waals surface area contributed by atoms with Gasteiger partial charge in [-0.3, -0.25) is 4.79 Å². The van der Waals surface area contributed by atoms with Crippen LogP contribution in [0.25, 0.3) is 0 Å². The van der Waals surface area contributed by atoms with Crippen molar-refractivity contribution in [1.82, 2.24) is 0 Å². The van der Waals surface area contributed by atoms with Gasteiger partial charge >= 0.3 is 5.97 Å². The van der Waals surface area contributed by atoms with E-state index >= 15 is 0 Å². The van der Waals surface area contributed by atoms with Gasteiger partial charge in [-0.05, 0) is 37.5 Å². The maximum atomic E-state index is 11.8. The maximum Gasteiger partial charge on any atom is 0.336 e. The molecule has 1 saturated carbocycles. The van der Waals surface area contributed by atoms with Gasteiger partial charge in [0.05, 0.1) is 11.7 Å². The summed E-state index contributed by atoms with van der Waals surface area (Å²) in [6.45, 7) is 1.74. The van der Waals surface area contributed by atoms with Crippen molar-refractivity contribution < 1.29 is 19.4 Å². The molecule has 108 valence electrons. The number of anilines is 1. The number of aromatic carboxylic acids is 1. The predicted octanol–water partition coefficient (Wildman–Crippen LogP) is 2.59. The van der Waals surface area contributed by atoms with Crippen LogP contribution >= 0.6 is 0 Å². The lowest BCUT2D eigenvalue weighted by molar-refractivity contribution is -0.122. The zero-order valence-corrected chi connectivity index (χ0v) is 11.5. The number of carboxylic acids is 1. The molecule has 1 aromatic rings. The highest BCUT2D eigenvalue weighted by Gasteiger charge is 2.17. The fraction of sp³-hybridized carbons (Fsp3) is 0.467. The molecule has 0 bridgehead atoms. The number of carbonyl (C=O) groups excluding carboxylic acids is 1. The Morgan fingerprint density at radius 1 is 1.35 bits per heavy atom. The summed E-state index contributed by atoms with van der Waals surface area (Å²) in [6, 6.07) is 4.83. The molecule has 0 unspecified atom stereocenters. The summed E-state index contributed by atoms with van der Waals surface area (Å²) in [6.07, 6.45) is 4.54. The first kappa shape index (κ1) is 14.5. The Morgan fingerprint density at radius 3 is 2.70 bits per heavy atom. The molecule has 1 fully saturated rings. The molecule has 0 heterocycles. The summed E-state index contributed by atoms with van der Waals surface area (Å²) >= 11 is 0. The Bertz CT molecular complexity index is 507. The van der Waals surface area contributed by atoms with Crippen LogP contribution in [0.1, 0.15) is 41.6 Å². The second-order valence-electron chi connectivity index (χ2n) is 5.10. The van der Waals surface area contributed by atoms with Gasteiger partial charge in [-0.15, -0.1) is 0 Å². The van der Waals surface area contributed by atoms with Crippen LogP contribution in [0.2, 0.25) is 0 Å². The molecule has 5 heteroatoms. The van der Waals surface area contributed by atoms with Gasteiger partial charge in [0.25, 0.3) is 0 Å². The Morgan fingerprint density at radius 2 is 2.05 bits per heavy atom. The molecule has 0 radical (unpaired) electrons. The van der Waals surface area contributed by atoms with Crippen molar-refractivity contribution in [3.05, 3.63) is 29.3 Å². The SMILES string of the molecule is Cc1ccc(NC(=O)COC2CCCC2)cc1C(=O)O. The fourth-order valence-corrected chi connectivity index (χ4v) is 2.38. The molecule has 1 aromatic carbocycles. The van der Waals surface area contributed by atoms with Crippen LogP contribution in [0.15, 0.2) is 18.2 Å². The van der Waals surface area contributed by atoms with Crippen LogP contribution < -0.4 is 5.32 Å². The molecule has 0 aromatic heterocycles. The van der Waals surface area contributed by atoms with Crippen molar-refractivity contribution in [2.45, 2.75) is 38.7 Å². The van der Waals surface area contributed by atoms with Crippen LogP contribution in [-0.2, 0) is 9.53 Å². The summed E-state index contributed by atoms with van der Waals surface area (Å²) in [5.41, 5.74) is 1.34. The van der Waals surface area contributed by atoms with Gasteiger partial charge in [-0.1, -0.05) is 18.9 Å². The highest BCUT2D eigenvalue weighted by Crippen LogP contribution is 2.21. The molecule has 2 rings (SSSR count). The molecule has 0 saturated heterocycles. The zero-order chi connectivity index (χ0) is 14.5. The molecule has 1 aliphatic rings. The third-order valence-corrected chi connectivity index (χ3v) is 3.50. The molecule has 0 aliphatic heterocycles. The largest absolute Gasteiger partial charge is 0.478 e. The monoisotopic (exact) mass is 277 g/mol. The number of benzene rings is 1. The number of hydrogen-bond acceptors (Lipinski definition) is 3. The standard InChI is InChI=1S/C15H19NO4/c1-10-6-7-11(8-13(10)15(18)19)16-14(17)9-20-12-4-2-3-5-12/h6-8,12H,2-5,9H2,1H3,(H,16,17)(H,18,19). The Balaban J connectivity index is 1.90. The van der Waals surface area contributed by atoms with Gasteiger partial charge < -0.3 is 15.2 Å². The summed E-state index contributed by atoms with van der Waals surface area (Å²) in [4.78, 5) is 22.8. The molecule has 20 heavy (non-hydrogen) atoms. The number of ether oxygens (including phenoxy) is 1. The van der Waals surface area contributed by atoms with Crippen LogP contribution in [0.3, 0.4) is 0 Å². The van der Waals surface area contributed by atoms with Gasteiger partial charge in [0.1, 0.15) is 6.61 Å². The van der Waals surface area contributed by atoms with Crippen molar-refractivity contribution in [1.29, 1.82) is 0 Å². The van der Waals surface area contributed by atoms with Crippen molar-refractivity contribution in [2.24, 2.45) is 0 Å². The average Bonchev–Trinajstić information content (AvgIpc) is 2.91. The third kappa shape index (κ3) is 3.81. The highest BCUT2D eigenvalue weighted by molar-refractivity contribution is 5.95. The van der Waals surface area contributed by atoms with E-state index in [4.69, 9.17) is 9.84 Å². The predicted molar refractivity (Wildman–Crippen MR) is 75.0 cm³/mol. The van der Waals surface area contributed by atoms with Crippen molar-refractivity contribution >= 4 is 17.6 Å². The normalized spacial score (nSPS) is 15.2. The molecule has 0 atom stereocenters. The van der Waals surface area contributed by atoms with E-state index in [1.54, 1.807) is 19.1 Å².